The zero-order chi connectivity index (χ0) is 14.6. The lowest BCUT2D eigenvalue weighted by atomic mass is 9.76. The molecule has 0 saturated heterocycles. The first kappa shape index (κ1) is 15.1. The van der Waals surface area contributed by atoms with E-state index in [0.29, 0.717) is 6.42 Å². The summed E-state index contributed by atoms with van der Waals surface area (Å²) < 4.78 is 1.98. The van der Waals surface area contributed by atoms with Crippen LogP contribution >= 0.6 is 0 Å². The number of hydrogen-bond donors (Lipinski definition) is 1. The molecule has 0 atom stereocenters. The molecule has 1 aliphatic carbocycles. The molecule has 0 bridgehead atoms. The van der Waals surface area contributed by atoms with Gasteiger partial charge in [0.2, 0.25) is 0 Å². The summed E-state index contributed by atoms with van der Waals surface area (Å²) in [6.45, 7) is 4.96. The smallest absolute Gasteiger partial charge is 0.310 e. The van der Waals surface area contributed by atoms with Crippen molar-refractivity contribution >= 4 is 5.97 Å². The van der Waals surface area contributed by atoms with Crippen molar-refractivity contribution in [2.75, 3.05) is 0 Å². The van der Waals surface area contributed by atoms with Crippen molar-refractivity contribution in [3.63, 3.8) is 0 Å². The summed E-state index contributed by atoms with van der Waals surface area (Å²) in [5.41, 5.74) is 1.58. The second kappa shape index (κ2) is 6.42. The fourth-order valence-electron chi connectivity index (χ4n) is 3.32. The second-order valence-corrected chi connectivity index (χ2v) is 5.97. The molecule has 1 heterocycles. The van der Waals surface area contributed by atoms with Crippen molar-refractivity contribution in [3.05, 3.63) is 17.5 Å². The Labute approximate surface area is 121 Å². The first-order chi connectivity index (χ1) is 9.61. The SMILES string of the molecule is CCc1cc(CC2(C(=O)O)CCCCCC2)n(CC)n1. The minimum absolute atomic E-state index is 0.575. The quantitative estimate of drug-likeness (QED) is 0.839. The highest BCUT2D eigenvalue weighted by Crippen LogP contribution is 2.38. The Balaban J connectivity index is 2.27. The maximum atomic E-state index is 11.9. The molecule has 1 aromatic heterocycles. The Morgan fingerprint density at radius 3 is 2.45 bits per heavy atom. The maximum absolute atomic E-state index is 11.9. The third-order valence-electron chi connectivity index (χ3n) is 4.61. The van der Waals surface area contributed by atoms with Gasteiger partial charge in [-0.05, 0) is 32.3 Å². The van der Waals surface area contributed by atoms with E-state index in [4.69, 9.17) is 0 Å². The van der Waals surface area contributed by atoms with Gasteiger partial charge in [0.1, 0.15) is 0 Å². The molecule has 4 heteroatoms. The molecule has 2 rings (SSSR count). The lowest BCUT2D eigenvalue weighted by molar-refractivity contribution is -0.150. The Morgan fingerprint density at radius 2 is 1.95 bits per heavy atom. The number of nitrogens with zero attached hydrogens (tertiary/aromatic N) is 2. The summed E-state index contributed by atoms with van der Waals surface area (Å²) in [5.74, 6) is -0.624. The van der Waals surface area contributed by atoms with Gasteiger partial charge in [-0.2, -0.15) is 5.10 Å². The molecule has 0 radical (unpaired) electrons. The number of aliphatic carboxylic acids is 1. The van der Waals surface area contributed by atoms with Crippen LogP contribution in [0.25, 0.3) is 0 Å². The predicted molar refractivity (Wildman–Crippen MR) is 78.8 cm³/mol. The molecular weight excluding hydrogens is 252 g/mol. The van der Waals surface area contributed by atoms with Crippen LogP contribution in [0.3, 0.4) is 0 Å². The summed E-state index contributed by atoms with van der Waals surface area (Å²) >= 11 is 0. The number of hydrogen-bond acceptors (Lipinski definition) is 2. The van der Waals surface area contributed by atoms with Crippen LogP contribution in [-0.2, 0) is 24.2 Å². The van der Waals surface area contributed by atoms with E-state index in [9.17, 15) is 9.90 Å². The zero-order valence-electron chi connectivity index (χ0n) is 12.7. The van der Waals surface area contributed by atoms with Crippen LogP contribution in [0.1, 0.15) is 63.8 Å². The zero-order valence-corrected chi connectivity index (χ0v) is 12.7. The van der Waals surface area contributed by atoms with Gasteiger partial charge < -0.3 is 5.11 Å². The van der Waals surface area contributed by atoms with E-state index >= 15 is 0 Å². The summed E-state index contributed by atoms with van der Waals surface area (Å²) in [6, 6.07) is 2.10. The van der Waals surface area contributed by atoms with Crippen molar-refractivity contribution in [1.29, 1.82) is 0 Å². The number of rotatable bonds is 5. The van der Waals surface area contributed by atoms with Gasteiger partial charge in [-0.1, -0.05) is 32.6 Å². The molecule has 0 aromatic carbocycles. The van der Waals surface area contributed by atoms with Crippen molar-refractivity contribution < 1.29 is 9.90 Å². The number of carboxylic acid groups (broad SMARTS) is 1. The summed E-state index contributed by atoms with van der Waals surface area (Å²) in [6.07, 6.45) is 7.55. The standard InChI is InChI=1S/C16H26N2O2/c1-3-13-11-14(18(4-2)17-13)12-16(15(19)20)9-7-5-6-8-10-16/h11H,3-10,12H2,1-2H3,(H,19,20). The third kappa shape index (κ3) is 3.05. The van der Waals surface area contributed by atoms with Crippen LogP contribution in [0.5, 0.6) is 0 Å². The van der Waals surface area contributed by atoms with Crippen LogP contribution in [-0.4, -0.2) is 20.9 Å². The van der Waals surface area contributed by atoms with Crippen molar-refractivity contribution in [2.45, 2.75) is 71.8 Å². The van der Waals surface area contributed by atoms with E-state index in [0.717, 1.165) is 50.0 Å². The van der Waals surface area contributed by atoms with Crippen LogP contribution in [0, 0.1) is 5.41 Å². The Bertz CT molecular complexity index is 457. The number of carboxylic acids is 1. The normalized spacial score (nSPS) is 18.7. The van der Waals surface area contributed by atoms with Crippen molar-refractivity contribution in [2.24, 2.45) is 5.41 Å². The van der Waals surface area contributed by atoms with Crippen LogP contribution in [0.2, 0.25) is 0 Å². The number of aryl methyl sites for hydroxylation is 2. The first-order valence-corrected chi connectivity index (χ1v) is 7.90. The lowest BCUT2D eigenvalue weighted by Gasteiger charge is -2.28. The monoisotopic (exact) mass is 278 g/mol. The van der Waals surface area contributed by atoms with E-state index in [1.165, 1.54) is 12.8 Å². The van der Waals surface area contributed by atoms with E-state index in [1.54, 1.807) is 0 Å². The molecular formula is C16H26N2O2. The predicted octanol–water partition coefficient (Wildman–Crippen LogP) is 3.43. The molecule has 0 spiro atoms. The van der Waals surface area contributed by atoms with E-state index in [1.807, 2.05) is 4.68 Å². The van der Waals surface area contributed by atoms with Crippen LogP contribution in [0.4, 0.5) is 0 Å². The number of aromatic nitrogens is 2. The molecule has 1 saturated carbocycles. The van der Waals surface area contributed by atoms with Gasteiger partial charge in [0, 0.05) is 18.7 Å². The first-order valence-electron chi connectivity index (χ1n) is 7.90. The van der Waals surface area contributed by atoms with Gasteiger partial charge in [-0.15, -0.1) is 0 Å². The molecule has 4 nitrogen and oxygen atoms in total. The average molecular weight is 278 g/mol. The maximum Gasteiger partial charge on any atom is 0.310 e. The van der Waals surface area contributed by atoms with E-state index in [-0.39, 0.29) is 0 Å². The van der Waals surface area contributed by atoms with Crippen molar-refractivity contribution in [3.8, 4) is 0 Å². The fourth-order valence-corrected chi connectivity index (χ4v) is 3.32. The molecule has 112 valence electrons. The van der Waals surface area contributed by atoms with E-state index in [2.05, 4.69) is 25.0 Å². The van der Waals surface area contributed by atoms with Crippen LogP contribution in [0.15, 0.2) is 6.07 Å². The van der Waals surface area contributed by atoms with Gasteiger partial charge in [0.05, 0.1) is 11.1 Å². The highest BCUT2D eigenvalue weighted by molar-refractivity contribution is 5.75. The Hall–Kier alpha value is -1.32. The Morgan fingerprint density at radius 1 is 1.30 bits per heavy atom. The average Bonchev–Trinajstić information content (AvgIpc) is 2.66. The third-order valence-corrected chi connectivity index (χ3v) is 4.61. The lowest BCUT2D eigenvalue weighted by Crippen LogP contribution is -2.33. The molecule has 1 N–H and O–H groups in total. The van der Waals surface area contributed by atoms with Gasteiger partial charge >= 0.3 is 5.97 Å². The summed E-state index contributed by atoms with van der Waals surface area (Å²) in [5, 5.41) is 14.3. The molecule has 1 aliphatic rings. The molecule has 1 aromatic rings. The highest BCUT2D eigenvalue weighted by atomic mass is 16.4. The van der Waals surface area contributed by atoms with Crippen LogP contribution < -0.4 is 0 Å². The van der Waals surface area contributed by atoms with Gasteiger partial charge in [0.25, 0.3) is 0 Å². The van der Waals surface area contributed by atoms with Crippen molar-refractivity contribution in [1.82, 2.24) is 9.78 Å². The minimum atomic E-state index is -0.624. The van der Waals surface area contributed by atoms with Gasteiger partial charge in [-0.25, -0.2) is 0 Å². The Kier molecular flexibility index (Phi) is 4.84. The largest absolute Gasteiger partial charge is 0.481 e. The van der Waals surface area contributed by atoms with Gasteiger partial charge in [-0.3, -0.25) is 9.48 Å². The minimum Gasteiger partial charge on any atom is -0.481 e. The molecule has 1 fully saturated rings. The van der Waals surface area contributed by atoms with Gasteiger partial charge in [0.15, 0.2) is 0 Å². The molecule has 0 aliphatic heterocycles. The second-order valence-electron chi connectivity index (χ2n) is 5.97. The fraction of sp³-hybridized carbons (Fsp3) is 0.750. The number of carbonyl (C=O) groups is 1. The van der Waals surface area contributed by atoms with E-state index < -0.39 is 11.4 Å². The summed E-state index contributed by atoms with van der Waals surface area (Å²) in [4.78, 5) is 11.9. The molecule has 20 heavy (non-hydrogen) atoms. The topological polar surface area (TPSA) is 55.1 Å². The highest BCUT2D eigenvalue weighted by Gasteiger charge is 2.39. The molecule has 0 amide bonds. The summed E-state index contributed by atoms with van der Waals surface area (Å²) in [7, 11) is 0. The molecule has 0 unspecified atom stereocenters.